The Morgan fingerprint density at radius 3 is 2.82 bits per heavy atom. The first kappa shape index (κ1) is 13.9. The Morgan fingerprint density at radius 1 is 1.35 bits per heavy atom. The standard InChI is InChI=1S/C13H20N2OS/c1-3-6-11-7-4-5-8-12(11)15-13(17)14-9-10-16-2/h4-5,7-8H,3,6,9-10H2,1-2H3,(H2,14,15,17). The number of nitrogens with one attached hydrogen (secondary N) is 2. The van der Waals surface area contributed by atoms with Gasteiger partial charge in [0.05, 0.1) is 6.61 Å². The van der Waals surface area contributed by atoms with Gasteiger partial charge in [-0.15, -0.1) is 0 Å². The van der Waals surface area contributed by atoms with Crippen molar-refractivity contribution in [1.82, 2.24) is 5.32 Å². The fraction of sp³-hybridized carbons (Fsp3) is 0.462. The zero-order chi connectivity index (χ0) is 12.5. The lowest BCUT2D eigenvalue weighted by Gasteiger charge is -2.13. The summed E-state index contributed by atoms with van der Waals surface area (Å²) in [6, 6.07) is 8.25. The van der Waals surface area contributed by atoms with Gasteiger partial charge in [0.1, 0.15) is 0 Å². The summed E-state index contributed by atoms with van der Waals surface area (Å²) in [6.45, 7) is 3.54. The third-order valence-electron chi connectivity index (χ3n) is 2.38. The average Bonchev–Trinajstić information content (AvgIpc) is 2.32. The molecule has 0 unspecified atom stereocenters. The van der Waals surface area contributed by atoms with Crippen molar-refractivity contribution in [1.29, 1.82) is 0 Å². The summed E-state index contributed by atoms with van der Waals surface area (Å²) >= 11 is 5.22. The van der Waals surface area contributed by atoms with Crippen molar-refractivity contribution >= 4 is 23.0 Å². The van der Waals surface area contributed by atoms with Gasteiger partial charge in [-0.05, 0) is 30.3 Å². The van der Waals surface area contributed by atoms with Crippen molar-refractivity contribution in [2.45, 2.75) is 19.8 Å². The van der Waals surface area contributed by atoms with E-state index < -0.39 is 0 Å². The topological polar surface area (TPSA) is 33.3 Å². The van der Waals surface area contributed by atoms with Gasteiger partial charge in [0.15, 0.2) is 5.11 Å². The molecule has 0 aliphatic heterocycles. The van der Waals surface area contributed by atoms with E-state index >= 15 is 0 Å². The highest BCUT2D eigenvalue weighted by Crippen LogP contribution is 2.16. The van der Waals surface area contributed by atoms with E-state index in [2.05, 4.69) is 35.8 Å². The summed E-state index contributed by atoms with van der Waals surface area (Å²) in [5.41, 5.74) is 2.38. The lowest BCUT2D eigenvalue weighted by molar-refractivity contribution is 0.204. The molecule has 2 N–H and O–H groups in total. The monoisotopic (exact) mass is 252 g/mol. The number of rotatable bonds is 6. The molecular formula is C13H20N2OS. The summed E-state index contributed by atoms with van der Waals surface area (Å²) in [7, 11) is 1.68. The molecule has 0 spiro atoms. The summed E-state index contributed by atoms with van der Waals surface area (Å²) in [5.74, 6) is 0. The van der Waals surface area contributed by atoms with Gasteiger partial charge in [-0.3, -0.25) is 0 Å². The van der Waals surface area contributed by atoms with Crippen molar-refractivity contribution < 1.29 is 4.74 Å². The molecule has 3 nitrogen and oxygen atoms in total. The van der Waals surface area contributed by atoms with Crippen molar-refractivity contribution in [3.8, 4) is 0 Å². The number of hydrogen-bond acceptors (Lipinski definition) is 2. The van der Waals surface area contributed by atoms with Crippen LogP contribution < -0.4 is 10.6 Å². The Balaban J connectivity index is 2.52. The zero-order valence-electron chi connectivity index (χ0n) is 10.5. The van der Waals surface area contributed by atoms with Gasteiger partial charge in [-0.2, -0.15) is 0 Å². The molecule has 1 aromatic carbocycles. The van der Waals surface area contributed by atoms with Gasteiger partial charge < -0.3 is 15.4 Å². The number of aryl methyl sites for hydroxylation is 1. The lowest BCUT2D eigenvalue weighted by atomic mass is 10.1. The van der Waals surface area contributed by atoms with E-state index in [1.807, 2.05) is 6.07 Å². The van der Waals surface area contributed by atoms with E-state index in [9.17, 15) is 0 Å². The van der Waals surface area contributed by atoms with Crippen LogP contribution in [0, 0.1) is 0 Å². The summed E-state index contributed by atoms with van der Waals surface area (Å²) in [5, 5.41) is 6.96. The van der Waals surface area contributed by atoms with Crippen LogP contribution in [0.25, 0.3) is 0 Å². The van der Waals surface area contributed by atoms with Gasteiger partial charge in [0.25, 0.3) is 0 Å². The minimum absolute atomic E-state index is 0.644. The van der Waals surface area contributed by atoms with E-state index in [-0.39, 0.29) is 0 Å². The van der Waals surface area contributed by atoms with Crippen LogP contribution in [-0.4, -0.2) is 25.4 Å². The van der Waals surface area contributed by atoms with Crippen molar-refractivity contribution in [3.05, 3.63) is 29.8 Å². The Labute approximate surface area is 109 Å². The number of hydrogen-bond donors (Lipinski definition) is 2. The number of ether oxygens (including phenoxy) is 1. The molecule has 0 aromatic heterocycles. The quantitative estimate of drug-likeness (QED) is 0.602. The zero-order valence-corrected chi connectivity index (χ0v) is 11.3. The van der Waals surface area contributed by atoms with E-state index in [1.54, 1.807) is 7.11 Å². The second-order valence-corrected chi connectivity index (χ2v) is 4.19. The molecule has 0 aliphatic rings. The summed E-state index contributed by atoms with van der Waals surface area (Å²) in [6.07, 6.45) is 2.19. The highest BCUT2D eigenvalue weighted by atomic mass is 32.1. The predicted molar refractivity (Wildman–Crippen MR) is 76.5 cm³/mol. The molecule has 0 heterocycles. The first-order valence-corrected chi connectivity index (χ1v) is 6.30. The van der Waals surface area contributed by atoms with E-state index in [0.717, 1.165) is 25.1 Å². The maximum absolute atomic E-state index is 5.22. The van der Waals surface area contributed by atoms with Crippen molar-refractivity contribution in [3.63, 3.8) is 0 Å². The smallest absolute Gasteiger partial charge is 0.170 e. The maximum Gasteiger partial charge on any atom is 0.170 e. The van der Waals surface area contributed by atoms with Crippen molar-refractivity contribution in [2.24, 2.45) is 0 Å². The van der Waals surface area contributed by atoms with Crippen LogP contribution in [-0.2, 0) is 11.2 Å². The molecule has 94 valence electrons. The minimum Gasteiger partial charge on any atom is -0.383 e. The second kappa shape index (κ2) is 8.03. The number of thiocarbonyl (C=S) groups is 1. The van der Waals surface area contributed by atoms with Crippen LogP contribution in [0.1, 0.15) is 18.9 Å². The Morgan fingerprint density at radius 2 is 2.12 bits per heavy atom. The molecule has 0 fully saturated rings. The number of anilines is 1. The Kier molecular flexibility index (Phi) is 6.58. The third-order valence-corrected chi connectivity index (χ3v) is 2.62. The SMILES string of the molecule is CCCc1ccccc1NC(=S)NCCOC. The Bertz CT molecular complexity index is 355. The number of benzene rings is 1. The van der Waals surface area contributed by atoms with Crippen LogP contribution in [0.4, 0.5) is 5.69 Å². The maximum atomic E-state index is 5.22. The summed E-state index contributed by atoms with van der Waals surface area (Å²) in [4.78, 5) is 0. The predicted octanol–water partition coefficient (Wildman–Crippen LogP) is 2.57. The van der Waals surface area contributed by atoms with Gasteiger partial charge in [0.2, 0.25) is 0 Å². The molecule has 0 aliphatic carbocycles. The van der Waals surface area contributed by atoms with Gasteiger partial charge in [-0.1, -0.05) is 31.5 Å². The third kappa shape index (κ3) is 5.15. The van der Waals surface area contributed by atoms with Gasteiger partial charge in [0, 0.05) is 19.3 Å². The molecule has 0 saturated carbocycles. The van der Waals surface area contributed by atoms with Crippen molar-refractivity contribution in [2.75, 3.05) is 25.6 Å². The van der Waals surface area contributed by atoms with Gasteiger partial charge in [-0.25, -0.2) is 0 Å². The molecule has 0 atom stereocenters. The molecule has 0 bridgehead atoms. The largest absolute Gasteiger partial charge is 0.383 e. The number of para-hydroxylation sites is 1. The molecule has 0 amide bonds. The normalized spacial score (nSPS) is 10.0. The average molecular weight is 252 g/mol. The molecule has 0 saturated heterocycles. The fourth-order valence-electron chi connectivity index (χ4n) is 1.56. The first-order valence-electron chi connectivity index (χ1n) is 5.89. The molecule has 1 rings (SSSR count). The van der Waals surface area contributed by atoms with E-state index in [1.165, 1.54) is 5.56 Å². The van der Waals surface area contributed by atoms with Crippen LogP contribution in [0.2, 0.25) is 0 Å². The van der Waals surface area contributed by atoms with Crippen LogP contribution in [0.15, 0.2) is 24.3 Å². The van der Waals surface area contributed by atoms with Crippen LogP contribution in [0.3, 0.4) is 0 Å². The van der Waals surface area contributed by atoms with Crippen LogP contribution >= 0.6 is 12.2 Å². The molecule has 1 aromatic rings. The molecular weight excluding hydrogens is 232 g/mol. The second-order valence-electron chi connectivity index (χ2n) is 3.78. The highest BCUT2D eigenvalue weighted by molar-refractivity contribution is 7.80. The lowest BCUT2D eigenvalue weighted by Crippen LogP contribution is -2.31. The minimum atomic E-state index is 0.644. The van der Waals surface area contributed by atoms with E-state index in [0.29, 0.717) is 11.7 Å². The Hall–Kier alpha value is -1.13. The highest BCUT2D eigenvalue weighted by Gasteiger charge is 2.02. The fourth-order valence-corrected chi connectivity index (χ4v) is 1.77. The first-order chi connectivity index (χ1) is 8.27. The number of methoxy groups -OCH3 is 1. The van der Waals surface area contributed by atoms with Crippen LogP contribution in [0.5, 0.6) is 0 Å². The molecule has 0 radical (unpaired) electrons. The van der Waals surface area contributed by atoms with Gasteiger partial charge >= 0.3 is 0 Å². The summed E-state index contributed by atoms with van der Waals surface area (Å²) < 4.78 is 4.95. The molecule has 4 heteroatoms. The molecule has 17 heavy (non-hydrogen) atoms. The van der Waals surface area contributed by atoms with E-state index in [4.69, 9.17) is 17.0 Å².